The number of amides is 1. The molecule has 2 aromatic carbocycles. The number of carbonyl (C=O) groups excluding carboxylic acids is 1. The Kier molecular flexibility index (Phi) is 6.05. The van der Waals surface area contributed by atoms with Crippen LogP contribution in [0.15, 0.2) is 41.6 Å². The molecule has 1 fully saturated rings. The van der Waals surface area contributed by atoms with Crippen LogP contribution in [0.25, 0.3) is 0 Å². The Morgan fingerprint density at radius 2 is 1.71 bits per heavy atom. The molecule has 0 aromatic heterocycles. The van der Waals surface area contributed by atoms with Gasteiger partial charge in [-0.25, -0.2) is 0 Å². The molecule has 2 aromatic rings. The fourth-order valence-electron chi connectivity index (χ4n) is 3.98. The molecule has 1 saturated heterocycles. The first-order valence-corrected chi connectivity index (χ1v) is 10.7. The smallest absolute Gasteiger partial charge is 0.374 e. The van der Waals surface area contributed by atoms with E-state index in [1.807, 2.05) is 0 Å². The Hall–Kier alpha value is -2.46. The van der Waals surface area contributed by atoms with Gasteiger partial charge >= 0.3 is 12.4 Å². The Bertz CT molecular complexity index is 1160. The van der Waals surface area contributed by atoms with Crippen molar-refractivity contribution in [2.24, 2.45) is 5.16 Å². The number of rotatable bonds is 3. The van der Waals surface area contributed by atoms with Gasteiger partial charge in [0.1, 0.15) is 0 Å². The molecule has 12 heteroatoms. The van der Waals surface area contributed by atoms with Crippen molar-refractivity contribution < 1.29 is 36.0 Å². The van der Waals surface area contributed by atoms with Crippen LogP contribution in [0.2, 0.25) is 10.0 Å². The molecule has 2 aliphatic heterocycles. The molecule has 1 unspecified atom stereocenters. The van der Waals surface area contributed by atoms with Gasteiger partial charge in [-0.2, -0.15) is 26.3 Å². The summed E-state index contributed by atoms with van der Waals surface area (Å²) in [6, 6.07) is 7.57. The molecule has 34 heavy (non-hydrogen) atoms. The number of oxime groups is 1. The maximum Gasteiger partial charge on any atom is 0.435 e. The molecule has 182 valence electrons. The molecule has 0 radical (unpaired) electrons. The molecular weight excluding hydrogens is 509 g/mol. The highest BCUT2D eigenvalue weighted by Crippen LogP contribution is 2.51. The second-order valence-electron chi connectivity index (χ2n) is 8.19. The lowest BCUT2D eigenvalue weighted by molar-refractivity contribution is -0.276. The lowest BCUT2D eigenvalue weighted by atomic mass is 9.85. The van der Waals surface area contributed by atoms with E-state index >= 15 is 0 Å². The predicted octanol–water partition coefficient (Wildman–Crippen LogP) is 6.54. The second kappa shape index (κ2) is 8.34. The highest BCUT2D eigenvalue weighted by atomic mass is 35.5. The molecule has 0 aliphatic carbocycles. The highest BCUT2D eigenvalue weighted by Gasteiger charge is 2.62. The van der Waals surface area contributed by atoms with Crippen LogP contribution >= 0.6 is 23.2 Å². The van der Waals surface area contributed by atoms with Crippen LogP contribution in [-0.4, -0.2) is 35.8 Å². The van der Waals surface area contributed by atoms with E-state index in [1.54, 1.807) is 29.2 Å². The van der Waals surface area contributed by atoms with E-state index < -0.39 is 45.5 Å². The van der Waals surface area contributed by atoms with Crippen LogP contribution < -0.4 is 0 Å². The van der Waals surface area contributed by atoms with Gasteiger partial charge in [-0.3, -0.25) is 4.79 Å². The summed E-state index contributed by atoms with van der Waals surface area (Å²) in [7, 11) is 0. The van der Waals surface area contributed by atoms with E-state index in [4.69, 9.17) is 28.0 Å². The summed E-state index contributed by atoms with van der Waals surface area (Å²) in [5.74, 6) is 0.0794. The molecular formula is C22H16Cl2F6N2O2. The van der Waals surface area contributed by atoms with Crippen LogP contribution in [0.1, 0.15) is 41.5 Å². The molecule has 0 saturated carbocycles. The molecule has 0 bridgehead atoms. The maximum atomic E-state index is 14.2. The number of alkyl halides is 6. The Labute approximate surface area is 200 Å². The van der Waals surface area contributed by atoms with Crippen molar-refractivity contribution in [3.05, 3.63) is 68.7 Å². The standard InChI is InChI=1S/C22H16Cl2F6N2O2/c1-11(33)32-9-14(10-32)12-2-4-13(5-3-12)18-8-20(34-31-18,22(28,29)30)15-6-16(21(25,26)27)19(24)17(23)7-15/h2-7,14H,8-10H2,1H3. The number of hydrogen-bond acceptors (Lipinski definition) is 3. The van der Waals surface area contributed by atoms with Crippen LogP contribution in [0, 0.1) is 0 Å². The summed E-state index contributed by atoms with van der Waals surface area (Å²) in [4.78, 5) is 17.8. The van der Waals surface area contributed by atoms with E-state index in [2.05, 4.69) is 5.16 Å². The van der Waals surface area contributed by atoms with Gasteiger partial charge in [0, 0.05) is 37.9 Å². The number of nitrogens with zero attached hydrogens (tertiary/aromatic N) is 2. The summed E-state index contributed by atoms with van der Waals surface area (Å²) in [5.41, 5.74) is -4.36. The summed E-state index contributed by atoms with van der Waals surface area (Å²) in [6.07, 6.45) is -11.0. The molecule has 4 nitrogen and oxygen atoms in total. The first kappa shape index (κ1) is 24.7. The number of hydrogen-bond donors (Lipinski definition) is 0. The van der Waals surface area contributed by atoms with E-state index in [9.17, 15) is 31.1 Å². The number of likely N-dealkylation sites (tertiary alicyclic amines) is 1. The van der Waals surface area contributed by atoms with Gasteiger partial charge in [0.05, 0.1) is 21.3 Å². The van der Waals surface area contributed by atoms with Crippen molar-refractivity contribution in [2.75, 3.05) is 13.1 Å². The van der Waals surface area contributed by atoms with E-state index in [0.29, 0.717) is 30.8 Å². The van der Waals surface area contributed by atoms with Gasteiger partial charge < -0.3 is 9.74 Å². The normalized spacial score (nSPS) is 21.2. The van der Waals surface area contributed by atoms with Crippen molar-refractivity contribution in [3.63, 3.8) is 0 Å². The van der Waals surface area contributed by atoms with Crippen molar-refractivity contribution in [1.29, 1.82) is 0 Å². The zero-order valence-electron chi connectivity index (χ0n) is 17.4. The van der Waals surface area contributed by atoms with Crippen molar-refractivity contribution in [1.82, 2.24) is 4.90 Å². The zero-order chi connectivity index (χ0) is 25.1. The highest BCUT2D eigenvalue weighted by molar-refractivity contribution is 6.42. The summed E-state index contributed by atoms with van der Waals surface area (Å²) in [6.45, 7) is 2.57. The van der Waals surface area contributed by atoms with E-state index in [-0.39, 0.29) is 17.5 Å². The van der Waals surface area contributed by atoms with Crippen LogP contribution in [0.4, 0.5) is 26.3 Å². The van der Waals surface area contributed by atoms with Crippen molar-refractivity contribution in [3.8, 4) is 0 Å². The van der Waals surface area contributed by atoms with Crippen molar-refractivity contribution >= 4 is 34.8 Å². The Morgan fingerprint density at radius 1 is 1.09 bits per heavy atom. The third kappa shape index (κ3) is 4.22. The quantitative estimate of drug-likeness (QED) is 0.428. The van der Waals surface area contributed by atoms with Gasteiger partial charge in [-0.1, -0.05) is 52.6 Å². The van der Waals surface area contributed by atoms with Crippen LogP contribution in [0.5, 0.6) is 0 Å². The lowest BCUT2D eigenvalue weighted by Crippen LogP contribution is -2.47. The fourth-order valence-corrected chi connectivity index (χ4v) is 4.42. The van der Waals surface area contributed by atoms with Crippen molar-refractivity contribution in [2.45, 2.75) is 37.2 Å². The summed E-state index contributed by atoms with van der Waals surface area (Å²) in [5, 5.41) is 1.99. The first-order chi connectivity index (χ1) is 15.7. The third-order valence-electron chi connectivity index (χ3n) is 6.03. The minimum atomic E-state index is -5.11. The Balaban J connectivity index is 1.63. The van der Waals surface area contributed by atoms with Gasteiger partial charge in [0.2, 0.25) is 5.91 Å². The topological polar surface area (TPSA) is 41.9 Å². The average Bonchev–Trinajstić information content (AvgIpc) is 3.15. The minimum Gasteiger partial charge on any atom is -0.374 e. The Morgan fingerprint density at radius 3 is 2.24 bits per heavy atom. The minimum absolute atomic E-state index is 0.0372. The number of benzene rings is 2. The maximum absolute atomic E-state index is 14.2. The zero-order valence-corrected chi connectivity index (χ0v) is 18.9. The monoisotopic (exact) mass is 524 g/mol. The second-order valence-corrected chi connectivity index (χ2v) is 8.98. The molecule has 0 N–H and O–H groups in total. The van der Waals surface area contributed by atoms with E-state index in [0.717, 1.165) is 5.56 Å². The molecule has 1 amide bonds. The molecule has 4 rings (SSSR count). The third-order valence-corrected chi connectivity index (χ3v) is 6.83. The van der Waals surface area contributed by atoms with Gasteiger partial charge in [0.25, 0.3) is 5.60 Å². The molecule has 2 heterocycles. The first-order valence-electron chi connectivity index (χ1n) is 9.97. The lowest BCUT2D eigenvalue weighted by Gasteiger charge is -2.39. The number of carbonyl (C=O) groups is 1. The summed E-state index contributed by atoms with van der Waals surface area (Å²) >= 11 is 11.3. The predicted molar refractivity (Wildman–Crippen MR) is 113 cm³/mol. The molecule has 1 atom stereocenters. The summed E-state index contributed by atoms with van der Waals surface area (Å²) < 4.78 is 82.6. The van der Waals surface area contributed by atoms with Gasteiger partial charge in [-0.15, -0.1) is 0 Å². The van der Waals surface area contributed by atoms with Crippen LogP contribution in [0.3, 0.4) is 0 Å². The van der Waals surface area contributed by atoms with Crippen LogP contribution in [-0.2, 0) is 21.4 Å². The molecule has 0 spiro atoms. The molecule has 2 aliphatic rings. The van der Waals surface area contributed by atoms with E-state index in [1.165, 1.54) is 6.92 Å². The largest absolute Gasteiger partial charge is 0.435 e. The van der Waals surface area contributed by atoms with Gasteiger partial charge in [-0.05, 0) is 23.3 Å². The fraction of sp³-hybridized carbons (Fsp3) is 0.364. The van der Waals surface area contributed by atoms with Gasteiger partial charge in [0.15, 0.2) is 0 Å². The number of halogens is 8. The average molecular weight is 525 g/mol. The SMILES string of the molecule is CC(=O)N1CC(c2ccc(C3=NOC(c4cc(Cl)c(Cl)c(C(F)(F)F)c4)(C(F)(F)F)C3)cc2)C1.